The van der Waals surface area contributed by atoms with Crippen molar-refractivity contribution in [1.82, 2.24) is 0 Å². The van der Waals surface area contributed by atoms with E-state index in [0.717, 1.165) is 5.56 Å². The zero-order valence-electron chi connectivity index (χ0n) is 10.6. The quantitative estimate of drug-likeness (QED) is 0.475. The molecule has 20 heavy (non-hydrogen) atoms. The zero-order valence-corrected chi connectivity index (χ0v) is 10.6. The molecule has 0 atom stereocenters. The van der Waals surface area contributed by atoms with E-state index >= 15 is 0 Å². The summed E-state index contributed by atoms with van der Waals surface area (Å²) < 4.78 is 18.6. The van der Waals surface area contributed by atoms with Crippen LogP contribution in [0.25, 0.3) is 0 Å². The molecule has 2 rings (SSSR count). The summed E-state index contributed by atoms with van der Waals surface area (Å²) in [4.78, 5) is 10.2. The average Bonchev–Trinajstić information content (AvgIpc) is 2.43. The molecule has 0 saturated carbocycles. The van der Waals surface area contributed by atoms with Crippen LogP contribution in [0.2, 0.25) is 0 Å². The maximum atomic E-state index is 13.2. The van der Waals surface area contributed by atoms with Crippen LogP contribution in [-0.4, -0.2) is 19.4 Å². The van der Waals surface area contributed by atoms with Crippen LogP contribution < -0.4 is 10.2 Å². The molecule has 100 valence electrons. The summed E-state index contributed by atoms with van der Waals surface area (Å²) in [6, 6.07) is 10.5. The third kappa shape index (κ3) is 3.57. The van der Waals surface area contributed by atoms with E-state index in [0.29, 0.717) is 18.8 Å². The van der Waals surface area contributed by atoms with E-state index in [2.05, 4.69) is 0 Å². The summed E-state index contributed by atoms with van der Waals surface area (Å²) in [7, 11) is 5.36. The lowest BCUT2D eigenvalue weighted by molar-refractivity contribution is -0.384. The standard InChI is InChI=1S/C14H11BFNO3/c15-13-5-4-12(9-14(13)16)20-7-6-10-2-1-3-11(8-10)17(18)19/h1-5,8-9H,6-7H2. The van der Waals surface area contributed by atoms with E-state index in [1.807, 2.05) is 0 Å². The van der Waals surface area contributed by atoms with Gasteiger partial charge in [0.2, 0.25) is 0 Å². The Kier molecular flexibility index (Phi) is 4.35. The highest BCUT2D eigenvalue weighted by Gasteiger charge is 2.06. The normalized spacial score (nSPS) is 10.2. The van der Waals surface area contributed by atoms with Gasteiger partial charge in [-0.2, -0.15) is 0 Å². The third-order valence-electron chi connectivity index (χ3n) is 2.75. The topological polar surface area (TPSA) is 52.4 Å². The molecule has 4 nitrogen and oxygen atoms in total. The number of nitro groups is 1. The summed E-state index contributed by atoms with van der Waals surface area (Å²) in [6.45, 7) is 0.296. The number of ether oxygens (including phenoxy) is 1. The van der Waals surface area contributed by atoms with Crippen LogP contribution in [0.3, 0.4) is 0 Å². The molecule has 2 aromatic rings. The molecule has 0 unspecified atom stereocenters. The first-order chi connectivity index (χ1) is 9.56. The number of benzene rings is 2. The van der Waals surface area contributed by atoms with Gasteiger partial charge in [-0.3, -0.25) is 10.1 Å². The molecule has 6 heteroatoms. The van der Waals surface area contributed by atoms with Crippen molar-refractivity contribution in [1.29, 1.82) is 0 Å². The molecule has 0 aliphatic heterocycles. The van der Waals surface area contributed by atoms with Gasteiger partial charge in [-0.05, 0) is 11.6 Å². The lowest BCUT2D eigenvalue weighted by Crippen LogP contribution is -2.09. The first kappa shape index (κ1) is 14.1. The Morgan fingerprint density at radius 2 is 2.05 bits per heavy atom. The molecule has 2 radical (unpaired) electrons. The Balaban J connectivity index is 1.94. The van der Waals surface area contributed by atoms with Gasteiger partial charge in [-0.1, -0.05) is 23.7 Å². The van der Waals surface area contributed by atoms with Crippen LogP contribution >= 0.6 is 0 Å². The number of rotatable bonds is 5. The van der Waals surface area contributed by atoms with Crippen molar-refractivity contribution in [2.75, 3.05) is 6.61 Å². The van der Waals surface area contributed by atoms with Gasteiger partial charge in [0, 0.05) is 24.6 Å². The summed E-state index contributed by atoms with van der Waals surface area (Å²) in [5, 5.41) is 10.6. The molecule has 0 aromatic heterocycles. The lowest BCUT2D eigenvalue weighted by atomic mass is 9.96. The Morgan fingerprint density at radius 1 is 1.25 bits per heavy atom. The predicted octanol–water partition coefficient (Wildman–Crippen LogP) is 2.15. The van der Waals surface area contributed by atoms with Crippen molar-refractivity contribution in [2.24, 2.45) is 0 Å². The van der Waals surface area contributed by atoms with Crippen molar-refractivity contribution in [3.8, 4) is 5.75 Å². The molecule has 0 aliphatic rings. The van der Waals surface area contributed by atoms with Gasteiger partial charge in [0.15, 0.2) is 0 Å². The van der Waals surface area contributed by atoms with E-state index < -0.39 is 10.7 Å². The Labute approximate surface area is 116 Å². The molecule has 0 amide bonds. The average molecular weight is 271 g/mol. The number of non-ortho nitro benzene ring substituents is 1. The highest BCUT2D eigenvalue weighted by atomic mass is 19.1. The van der Waals surface area contributed by atoms with E-state index in [4.69, 9.17) is 12.6 Å². The minimum absolute atomic E-state index is 0.0426. The van der Waals surface area contributed by atoms with Gasteiger partial charge in [0.1, 0.15) is 19.4 Å². The first-order valence-corrected chi connectivity index (χ1v) is 5.97. The van der Waals surface area contributed by atoms with Crippen LogP contribution in [0.15, 0.2) is 42.5 Å². The molecule has 0 spiro atoms. The van der Waals surface area contributed by atoms with Gasteiger partial charge < -0.3 is 4.74 Å². The largest absolute Gasteiger partial charge is 0.493 e. The van der Waals surface area contributed by atoms with Gasteiger partial charge in [-0.25, -0.2) is 4.39 Å². The maximum Gasteiger partial charge on any atom is 0.269 e. The molecular weight excluding hydrogens is 260 g/mol. The highest BCUT2D eigenvalue weighted by molar-refractivity contribution is 6.32. The predicted molar refractivity (Wildman–Crippen MR) is 74.1 cm³/mol. The van der Waals surface area contributed by atoms with E-state index in [1.165, 1.54) is 24.3 Å². The molecule has 0 aliphatic carbocycles. The SMILES string of the molecule is [B]c1ccc(OCCc2cccc([N+](=O)[O-])c2)cc1F. The number of halogens is 1. The second-order valence-corrected chi connectivity index (χ2v) is 4.21. The van der Waals surface area contributed by atoms with Crippen LogP contribution in [0.5, 0.6) is 5.75 Å². The number of nitro benzene ring substituents is 1. The van der Waals surface area contributed by atoms with Gasteiger partial charge in [0.25, 0.3) is 5.69 Å². The molecule has 0 fully saturated rings. The van der Waals surface area contributed by atoms with Gasteiger partial charge in [0.05, 0.1) is 11.5 Å². The second-order valence-electron chi connectivity index (χ2n) is 4.21. The van der Waals surface area contributed by atoms with Crippen molar-refractivity contribution < 1.29 is 14.1 Å². The summed E-state index contributed by atoms with van der Waals surface area (Å²) in [5.41, 5.74) is 0.896. The fourth-order valence-electron chi connectivity index (χ4n) is 1.71. The van der Waals surface area contributed by atoms with E-state index in [9.17, 15) is 14.5 Å². The van der Waals surface area contributed by atoms with Crippen LogP contribution in [0.4, 0.5) is 10.1 Å². The van der Waals surface area contributed by atoms with E-state index in [-0.39, 0.29) is 11.2 Å². The molecule has 0 bridgehead atoms. The maximum absolute atomic E-state index is 13.2. The lowest BCUT2D eigenvalue weighted by Gasteiger charge is -2.07. The van der Waals surface area contributed by atoms with Crippen molar-refractivity contribution in [2.45, 2.75) is 6.42 Å². The fraction of sp³-hybridized carbons (Fsp3) is 0.143. The van der Waals surface area contributed by atoms with E-state index in [1.54, 1.807) is 18.2 Å². The monoisotopic (exact) mass is 271 g/mol. The highest BCUT2D eigenvalue weighted by Crippen LogP contribution is 2.15. The zero-order chi connectivity index (χ0) is 14.5. The van der Waals surface area contributed by atoms with Crippen molar-refractivity contribution in [3.63, 3.8) is 0 Å². The molecule has 2 aromatic carbocycles. The molecular formula is C14H11BFNO3. The molecule has 0 saturated heterocycles. The van der Waals surface area contributed by atoms with Crippen molar-refractivity contribution >= 4 is 19.0 Å². The summed E-state index contributed by atoms with van der Waals surface area (Å²) in [5.74, 6) is -0.153. The Bertz CT molecular complexity index is 634. The minimum atomic E-state index is -0.530. The van der Waals surface area contributed by atoms with Crippen LogP contribution in [-0.2, 0) is 6.42 Å². The van der Waals surface area contributed by atoms with Crippen LogP contribution in [0.1, 0.15) is 5.56 Å². The fourth-order valence-corrected chi connectivity index (χ4v) is 1.71. The first-order valence-electron chi connectivity index (χ1n) is 5.97. The van der Waals surface area contributed by atoms with Gasteiger partial charge >= 0.3 is 0 Å². The second kappa shape index (κ2) is 6.19. The number of hydrogen-bond donors (Lipinski definition) is 0. The number of nitrogens with zero attached hydrogens (tertiary/aromatic N) is 1. The van der Waals surface area contributed by atoms with Crippen LogP contribution in [0, 0.1) is 15.9 Å². The van der Waals surface area contributed by atoms with Crippen molar-refractivity contribution in [3.05, 3.63) is 64.0 Å². The minimum Gasteiger partial charge on any atom is -0.493 e. The molecule has 0 heterocycles. The van der Waals surface area contributed by atoms with Gasteiger partial charge in [-0.15, -0.1) is 0 Å². The number of hydrogen-bond acceptors (Lipinski definition) is 3. The third-order valence-corrected chi connectivity index (χ3v) is 2.75. The summed E-state index contributed by atoms with van der Waals surface area (Å²) in [6.07, 6.45) is 0.494. The molecule has 0 N–H and O–H groups in total. The Morgan fingerprint density at radius 3 is 2.75 bits per heavy atom. The Hall–Kier alpha value is -2.37. The summed E-state index contributed by atoms with van der Waals surface area (Å²) >= 11 is 0. The smallest absolute Gasteiger partial charge is 0.269 e.